The highest BCUT2D eigenvalue weighted by molar-refractivity contribution is 14.0. The van der Waals surface area contributed by atoms with Gasteiger partial charge in [-0.05, 0) is 18.1 Å². The topological polar surface area (TPSA) is 0 Å². The molecule has 1 aliphatic carbocycles. The van der Waals surface area contributed by atoms with Crippen LogP contribution in [0.4, 0.5) is 0 Å². The Kier molecular flexibility index (Phi) is 5.56. The van der Waals surface area contributed by atoms with Gasteiger partial charge in [0.05, 0.1) is 27.7 Å². The molecule has 1 aliphatic rings. The zero-order valence-electron chi connectivity index (χ0n) is 8.66. The summed E-state index contributed by atoms with van der Waals surface area (Å²) in [5.41, 5.74) is 1.34. The lowest BCUT2D eigenvalue weighted by Gasteiger charge is -2.22. The number of allylic oxidation sites excluding steroid dienone is 5. The SMILES string of the molecule is C[N+](C)(C)CC=C1C=CCC=C1.I. The summed E-state index contributed by atoms with van der Waals surface area (Å²) >= 11 is 0. The van der Waals surface area contributed by atoms with Gasteiger partial charge in [0, 0.05) is 0 Å². The van der Waals surface area contributed by atoms with Crippen molar-refractivity contribution in [3.05, 3.63) is 36.0 Å². The summed E-state index contributed by atoms with van der Waals surface area (Å²) in [6, 6.07) is 0. The quantitative estimate of drug-likeness (QED) is 0.542. The third-order valence-corrected chi connectivity index (χ3v) is 1.77. The number of likely N-dealkylation sites (N-methyl/N-ethyl adjacent to an activating group) is 1. The molecule has 0 aromatic carbocycles. The van der Waals surface area contributed by atoms with Gasteiger partial charge in [-0.25, -0.2) is 0 Å². The summed E-state index contributed by atoms with van der Waals surface area (Å²) in [5.74, 6) is 0. The minimum atomic E-state index is 0. The molecule has 0 saturated heterocycles. The number of rotatable bonds is 2. The lowest BCUT2D eigenvalue weighted by atomic mass is 10.1. The van der Waals surface area contributed by atoms with E-state index in [2.05, 4.69) is 51.5 Å². The van der Waals surface area contributed by atoms with E-state index < -0.39 is 0 Å². The van der Waals surface area contributed by atoms with E-state index in [1.165, 1.54) is 5.57 Å². The summed E-state index contributed by atoms with van der Waals surface area (Å²) in [6.07, 6.45) is 12.1. The van der Waals surface area contributed by atoms with Crippen molar-refractivity contribution in [2.24, 2.45) is 0 Å². The molecule has 0 fully saturated rings. The lowest BCUT2D eigenvalue weighted by Crippen LogP contribution is -2.34. The molecule has 0 atom stereocenters. The third kappa shape index (κ3) is 6.05. The largest absolute Gasteiger partial charge is 0.328 e. The number of nitrogens with zero attached hydrogens (tertiary/aromatic N) is 1. The van der Waals surface area contributed by atoms with Crippen LogP contribution in [0, 0.1) is 0 Å². The molecule has 0 N–H and O–H groups in total. The number of quaternary nitrogens is 1. The molecule has 74 valence electrons. The van der Waals surface area contributed by atoms with E-state index in [0.29, 0.717) is 0 Å². The molecule has 0 aromatic rings. The van der Waals surface area contributed by atoms with Gasteiger partial charge < -0.3 is 4.48 Å². The van der Waals surface area contributed by atoms with Gasteiger partial charge in [-0.15, -0.1) is 24.0 Å². The molecule has 0 amide bonds. The molecule has 0 aromatic heterocycles. The van der Waals surface area contributed by atoms with Crippen LogP contribution in [-0.4, -0.2) is 32.2 Å². The molecule has 13 heavy (non-hydrogen) atoms. The maximum absolute atomic E-state index is 2.28. The Labute approximate surface area is 98.4 Å². The Hall–Kier alpha value is -0.0900. The average Bonchev–Trinajstić information content (AvgIpc) is 2.02. The summed E-state index contributed by atoms with van der Waals surface area (Å²) in [5, 5.41) is 0. The van der Waals surface area contributed by atoms with E-state index in [-0.39, 0.29) is 24.0 Å². The van der Waals surface area contributed by atoms with Gasteiger partial charge in [0.2, 0.25) is 0 Å². The predicted octanol–water partition coefficient (Wildman–Crippen LogP) is 2.75. The summed E-state index contributed by atoms with van der Waals surface area (Å²) < 4.78 is 0.991. The van der Waals surface area contributed by atoms with E-state index in [1.54, 1.807) is 0 Å². The zero-order valence-corrected chi connectivity index (χ0v) is 11.0. The summed E-state index contributed by atoms with van der Waals surface area (Å²) in [4.78, 5) is 0. The van der Waals surface area contributed by atoms with Gasteiger partial charge >= 0.3 is 0 Å². The normalized spacial score (nSPS) is 15.5. The van der Waals surface area contributed by atoms with Crippen molar-refractivity contribution in [1.82, 2.24) is 0 Å². The fourth-order valence-electron chi connectivity index (χ4n) is 1.06. The first-order valence-electron chi connectivity index (χ1n) is 4.42. The molecular formula is C11H19IN+. The van der Waals surface area contributed by atoms with Crippen molar-refractivity contribution in [3.8, 4) is 0 Å². The van der Waals surface area contributed by atoms with Crippen molar-refractivity contribution < 1.29 is 4.48 Å². The standard InChI is InChI=1S/C11H18N.HI/c1-12(2,3)10-9-11-7-5-4-6-8-11;/h5-9H,4,10H2,1-3H3;1H/q+1;. The fourth-order valence-corrected chi connectivity index (χ4v) is 1.06. The van der Waals surface area contributed by atoms with Gasteiger partial charge in [-0.3, -0.25) is 0 Å². The average molecular weight is 292 g/mol. The highest BCUT2D eigenvalue weighted by Gasteiger charge is 2.03. The van der Waals surface area contributed by atoms with Crippen molar-refractivity contribution >= 4 is 24.0 Å². The van der Waals surface area contributed by atoms with E-state index in [4.69, 9.17) is 0 Å². The monoisotopic (exact) mass is 292 g/mol. The molecule has 0 radical (unpaired) electrons. The molecule has 0 spiro atoms. The molecule has 0 saturated carbocycles. The second-order valence-corrected chi connectivity index (χ2v) is 4.22. The van der Waals surface area contributed by atoms with Gasteiger partial charge in [0.1, 0.15) is 0 Å². The van der Waals surface area contributed by atoms with Gasteiger partial charge in [-0.1, -0.05) is 24.3 Å². The molecule has 1 rings (SSSR count). The number of hydrogen-bond donors (Lipinski definition) is 0. The minimum absolute atomic E-state index is 0. The van der Waals surface area contributed by atoms with Crippen LogP contribution in [0.2, 0.25) is 0 Å². The van der Waals surface area contributed by atoms with Crippen LogP contribution < -0.4 is 0 Å². The van der Waals surface area contributed by atoms with Crippen molar-refractivity contribution in [1.29, 1.82) is 0 Å². The van der Waals surface area contributed by atoms with Crippen LogP contribution in [0.25, 0.3) is 0 Å². The molecule has 1 nitrogen and oxygen atoms in total. The molecule has 0 aliphatic heterocycles. The highest BCUT2D eigenvalue weighted by Crippen LogP contribution is 2.08. The Morgan fingerprint density at radius 3 is 2.23 bits per heavy atom. The van der Waals surface area contributed by atoms with E-state index in [9.17, 15) is 0 Å². The Morgan fingerprint density at radius 1 is 1.23 bits per heavy atom. The highest BCUT2D eigenvalue weighted by atomic mass is 127. The van der Waals surface area contributed by atoms with Crippen LogP contribution in [0.5, 0.6) is 0 Å². The van der Waals surface area contributed by atoms with Crippen LogP contribution >= 0.6 is 24.0 Å². The molecule has 2 heteroatoms. The van der Waals surface area contributed by atoms with Crippen LogP contribution in [-0.2, 0) is 0 Å². The first-order chi connectivity index (χ1) is 5.58. The van der Waals surface area contributed by atoms with Gasteiger partial charge in [0.15, 0.2) is 0 Å². The smallest absolute Gasteiger partial charge is 0.0976 e. The predicted molar refractivity (Wildman–Crippen MR) is 69.3 cm³/mol. The fraction of sp³-hybridized carbons (Fsp3) is 0.455. The van der Waals surface area contributed by atoms with E-state index in [0.717, 1.165) is 17.4 Å². The summed E-state index contributed by atoms with van der Waals surface area (Å²) in [6.45, 7) is 1.09. The number of hydrogen-bond acceptors (Lipinski definition) is 0. The molecule has 0 unspecified atom stereocenters. The van der Waals surface area contributed by atoms with Crippen LogP contribution in [0.1, 0.15) is 6.42 Å². The van der Waals surface area contributed by atoms with Crippen molar-refractivity contribution in [2.45, 2.75) is 6.42 Å². The van der Waals surface area contributed by atoms with Crippen molar-refractivity contribution in [3.63, 3.8) is 0 Å². The van der Waals surface area contributed by atoms with Gasteiger partial charge in [0.25, 0.3) is 0 Å². The molecular weight excluding hydrogens is 273 g/mol. The second-order valence-electron chi connectivity index (χ2n) is 4.22. The van der Waals surface area contributed by atoms with Crippen LogP contribution in [0.3, 0.4) is 0 Å². The Morgan fingerprint density at radius 2 is 1.77 bits per heavy atom. The lowest BCUT2D eigenvalue weighted by molar-refractivity contribution is -0.864. The van der Waals surface area contributed by atoms with Gasteiger partial charge in [-0.2, -0.15) is 0 Å². The second kappa shape index (κ2) is 5.60. The summed E-state index contributed by atoms with van der Waals surface area (Å²) in [7, 11) is 6.61. The van der Waals surface area contributed by atoms with Crippen molar-refractivity contribution in [2.75, 3.05) is 27.7 Å². The first-order valence-corrected chi connectivity index (χ1v) is 4.42. The molecule has 0 heterocycles. The first kappa shape index (κ1) is 12.9. The van der Waals surface area contributed by atoms with E-state index >= 15 is 0 Å². The van der Waals surface area contributed by atoms with E-state index in [1.807, 2.05) is 0 Å². The maximum Gasteiger partial charge on any atom is 0.0976 e. The maximum atomic E-state index is 2.28. The third-order valence-electron chi connectivity index (χ3n) is 1.77. The number of halogens is 1. The Balaban J connectivity index is 0.00000144. The Bertz CT molecular complexity index is 217. The zero-order chi connectivity index (χ0) is 9.03. The molecule has 0 bridgehead atoms. The van der Waals surface area contributed by atoms with Crippen LogP contribution in [0.15, 0.2) is 36.0 Å². The minimum Gasteiger partial charge on any atom is -0.328 e.